The van der Waals surface area contributed by atoms with E-state index < -0.39 is 29.6 Å². The molecule has 4 rings (SSSR count). The molecule has 0 saturated heterocycles. The second kappa shape index (κ2) is 11.3. The molecule has 214 valence electrons. The number of methoxy groups -OCH3 is 1. The number of alkyl halides is 3. The maximum absolute atomic E-state index is 13.8. The van der Waals surface area contributed by atoms with E-state index in [1.54, 1.807) is 14.0 Å². The van der Waals surface area contributed by atoms with Crippen LogP contribution in [0, 0.1) is 11.3 Å². The third-order valence-electron chi connectivity index (χ3n) is 6.92. The van der Waals surface area contributed by atoms with Crippen LogP contribution < -0.4 is 15.0 Å². The molecule has 0 fully saturated rings. The van der Waals surface area contributed by atoms with Gasteiger partial charge in [0.2, 0.25) is 5.91 Å². The highest BCUT2D eigenvalue weighted by Gasteiger charge is 2.38. The molecule has 10 nitrogen and oxygen atoms in total. The minimum absolute atomic E-state index is 0.00137. The first-order valence-electron chi connectivity index (χ1n) is 12.6. The molecular weight excluding hydrogens is 541 g/mol. The Hall–Kier alpha value is -4.86. The number of hydrogen-bond donors (Lipinski definition) is 1. The summed E-state index contributed by atoms with van der Waals surface area (Å²) in [6.45, 7) is 3.15. The van der Waals surface area contributed by atoms with Gasteiger partial charge in [-0.2, -0.15) is 23.5 Å². The number of nitrogens with one attached hydrogen (secondary N) is 1. The van der Waals surface area contributed by atoms with E-state index in [-0.39, 0.29) is 59.2 Å². The summed E-state index contributed by atoms with van der Waals surface area (Å²) in [5, 5.41) is 16.3. The van der Waals surface area contributed by atoms with Crippen LogP contribution in [-0.2, 0) is 17.4 Å². The molecule has 1 atom stereocenters. The molecule has 2 aromatic carbocycles. The number of carbonyl (C=O) groups is 3. The smallest absolute Gasteiger partial charge is 0.416 e. The highest BCUT2D eigenvalue weighted by atomic mass is 19.4. The SMILES string of the molecule is CCc1cc(N2CC(CN(C)C(C)=O)n3ncc(NC(=O)c4ccc(OC)c(C#N)c4)c3C2=O)ccc1C(F)(F)F. The van der Waals surface area contributed by atoms with Gasteiger partial charge in [0, 0.05) is 31.8 Å². The summed E-state index contributed by atoms with van der Waals surface area (Å²) in [7, 11) is 2.98. The highest BCUT2D eigenvalue weighted by Crippen LogP contribution is 2.36. The maximum atomic E-state index is 13.8. The molecule has 0 aliphatic carbocycles. The van der Waals surface area contributed by atoms with Gasteiger partial charge in [0.1, 0.15) is 11.8 Å². The number of benzene rings is 2. The van der Waals surface area contributed by atoms with Crippen LogP contribution in [0.5, 0.6) is 5.75 Å². The molecule has 0 spiro atoms. The second-order valence-corrected chi connectivity index (χ2v) is 9.49. The van der Waals surface area contributed by atoms with Gasteiger partial charge in [0.15, 0.2) is 5.69 Å². The van der Waals surface area contributed by atoms with Crippen LogP contribution in [0.2, 0.25) is 0 Å². The Morgan fingerprint density at radius 2 is 1.98 bits per heavy atom. The molecule has 0 radical (unpaired) electrons. The number of ether oxygens (including phenoxy) is 1. The van der Waals surface area contributed by atoms with Crippen molar-refractivity contribution in [1.82, 2.24) is 14.7 Å². The number of fused-ring (bicyclic) bond motifs is 1. The molecular formula is C28H27F3N6O4. The normalized spacial score (nSPS) is 14.7. The van der Waals surface area contributed by atoms with Crippen molar-refractivity contribution in [2.24, 2.45) is 0 Å². The molecule has 1 unspecified atom stereocenters. The molecule has 3 amide bonds. The van der Waals surface area contributed by atoms with E-state index in [1.807, 2.05) is 6.07 Å². The van der Waals surface area contributed by atoms with Crippen molar-refractivity contribution >= 4 is 29.1 Å². The molecule has 0 bridgehead atoms. The largest absolute Gasteiger partial charge is 0.495 e. The van der Waals surface area contributed by atoms with Crippen molar-refractivity contribution in [3.05, 3.63) is 70.5 Å². The number of rotatable bonds is 7. The highest BCUT2D eigenvalue weighted by molar-refractivity contribution is 6.13. The molecule has 1 N–H and O–H groups in total. The van der Waals surface area contributed by atoms with E-state index in [1.165, 1.54) is 65.0 Å². The van der Waals surface area contributed by atoms with Crippen LogP contribution in [0.25, 0.3) is 0 Å². The van der Waals surface area contributed by atoms with Crippen LogP contribution >= 0.6 is 0 Å². The molecule has 2 heterocycles. The molecule has 1 aromatic heterocycles. The predicted molar refractivity (Wildman–Crippen MR) is 143 cm³/mol. The molecule has 1 aliphatic heterocycles. The number of likely N-dealkylation sites (N-methyl/N-ethyl adjacent to an activating group) is 1. The summed E-state index contributed by atoms with van der Waals surface area (Å²) >= 11 is 0. The van der Waals surface area contributed by atoms with Gasteiger partial charge in [-0.05, 0) is 48.4 Å². The first kappa shape index (κ1) is 29.1. The number of amides is 3. The standard InChI is InChI=1S/C28H27F3N6O4/c1-5-17-11-20(7-8-22(17)28(29,30)31)36-15-21(14-35(3)16(2)38)37-25(27(36)40)23(13-33-37)34-26(39)18-6-9-24(41-4)19(10-18)12-32/h6-11,13,21H,5,14-15H2,1-4H3,(H,34,39). The van der Waals surface area contributed by atoms with Crippen LogP contribution in [0.4, 0.5) is 24.5 Å². The van der Waals surface area contributed by atoms with Gasteiger partial charge < -0.3 is 19.9 Å². The van der Waals surface area contributed by atoms with Gasteiger partial charge in [-0.3, -0.25) is 19.1 Å². The lowest BCUT2D eigenvalue weighted by atomic mass is 10.0. The van der Waals surface area contributed by atoms with Crippen molar-refractivity contribution in [3.8, 4) is 11.8 Å². The lowest BCUT2D eigenvalue weighted by Gasteiger charge is -2.36. The predicted octanol–water partition coefficient (Wildman–Crippen LogP) is 4.28. The van der Waals surface area contributed by atoms with E-state index in [9.17, 15) is 32.8 Å². The van der Waals surface area contributed by atoms with Crippen molar-refractivity contribution in [3.63, 3.8) is 0 Å². The fraction of sp³-hybridized carbons (Fsp3) is 0.321. The average molecular weight is 569 g/mol. The van der Waals surface area contributed by atoms with Gasteiger partial charge >= 0.3 is 6.18 Å². The first-order valence-corrected chi connectivity index (χ1v) is 12.6. The van der Waals surface area contributed by atoms with Crippen LogP contribution in [0.15, 0.2) is 42.6 Å². The second-order valence-electron chi connectivity index (χ2n) is 9.49. The summed E-state index contributed by atoms with van der Waals surface area (Å²) in [5.74, 6) is -1.15. The van der Waals surface area contributed by atoms with Gasteiger partial charge in [-0.1, -0.05) is 6.92 Å². The van der Waals surface area contributed by atoms with E-state index >= 15 is 0 Å². The Morgan fingerprint density at radius 1 is 1.24 bits per heavy atom. The number of aryl methyl sites for hydroxylation is 1. The van der Waals surface area contributed by atoms with E-state index in [0.29, 0.717) is 5.75 Å². The third-order valence-corrected chi connectivity index (χ3v) is 6.92. The minimum atomic E-state index is -4.55. The quantitative estimate of drug-likeness (QED) is 0.454. The zero-order valence-electron chi connectivity index (χ0n) is 22.7. The summed E-state index contributed by atoms with van der Waals surface area (Å²) in [5.41, 5.74) is -0.174. The molecule has 1 aliphatic rings. The van der Waals surface area contributed by atoms with Gasteiger partial charge in [-0.25, -0.2) is 0 Å². The fourth-order valence-corrected chi connectivity index (χ4v) is 4.69. The molecule has 41 heavy (non-hydrogen) atoms. The number of nitriles is 1. The van der Waals surface area contributed by atoms with Gasteiger partial charge in [0.05, 0.1) is 42.7 Å². The van der Waals surface area contributed by atoms with Crippen molar-refractivity contribution < 1.29 is 32.3 Å². The van der Waals surface area contributed by atoms with Gasteiger partial charge in [-0.15, -0.1) is 0 Å². The lowest BCUT2D eigenvalue weighted by Crippen LogP contribution is -2.47. The number of carbonyl (C=O) groups excluding carboxylic acids is 3. The Kier molecular flexibility index (Phi) is 8.05. The summed E-state index contributed by atoms with van der Waals surface area (Å²) in [4.78, 5) is 41.7. The third kappa shape index (κ3) is 5.72. The Labute approximate surface area is 233 Å². The minimum Gasteiger partial charge on any atom is -0.495 e. The van der Waals surface area contributed by atoms with E-state index in [0.717, 1.165) is 6.07 Å². The maximum Gasteiger partial charge on any atom is 0.416 e. The zero-order chi connectivity index (χ0) is 30.1. The van der Waals surface area contributed by atoms with Crippen molar-refractivity contribution in [1.29, 1.82) is 5.26 Å². The van der Waals surface area contributed by atoms with Gasteiger partial charge in [0.25, 0.3) is 11.8 Å². The summed E-state index contributed by atoms with van der Waals surface area (Å²) in [6.07, 6.45) is -3.16. The van der Waals surface area contributed by atoms with Crippen LogP contribution in [-0.4, -0.2) is 59.6 Å². The monoisotopic (exact) mass is 568 g/mol. The summed E-state index contributed by atoms with van der Waals surface area (Å²) < 4.78 is 47.1. The number of halogens is 3. The number of anilines is 2. The number of aromatic nitrogens is 2. The van der Waals surface area contributed by atoms with Crippen molar-refractivity contribution in [2.45, 2.75) is 32.5 Å². The van der Waals surface area contributed by atoms with E-state index in [2.05, 4.69) is 10.4 Å². The molecule has 13 heteroatoms. The van der Waals surface area contributed by atoms with Crippen LogP contribution in [0.3, 0.4) is 0 Å². The Balaban J connectivity index is 1.75. The number of nitrogens with zero attached hydrogens (tertiary/aromatic N) is 5. The first-order chi connectivity index (χ1) is 19.4. The zero-order valence-corrected chi connectivity index (χ0v) is 22.7. The van der Waals surface area contributed by atoms with E-state index in [4.69, 9.17) is 4.74 Å². The lowest BCUT2D eigenvalue weighted by molar-refractivity contribution is -0.138. The Morgan fingerprint density at radius 3 is 2.59 bits per heavy atom. The number of hydrogen-bond acceptors (Lipinski definition) is 6. The molecule has 3 aromatic rings. The average Bonchev–Trinajstić information content (AvgIpc) is 3.37. The van der Waals surface area contributed by atoms with Crippen molar-refractivity contribution in [2.75, 3.05) is 37.5 Å². The fourth-order valence-electron chi connectivity index (χ4n) is 4.69. The van der Waals surface area contributed by atoms with Crippen LogP contribution in [0.1, 0.15) is 57.4 Å². The molecule has 0 saturated carbocycles. The summed E-state index contributed by atoms with van der Waals surface area (Å²) in [6, 6.07) is 9.17. The Bertz CT molecular complexity index is 1560. The topological polar surface area (TPSA) is 121 Å².